The van der Waals surface area contributed by atoms with Gasteiger partial charge in [-0.3, -0.25) is 9.89 Å². The van der Waals surface area contributed by atoms with Crippen molar-refractivity contribution in [3.8, 4) is 0 Å². The lowest BCUT2D eigenvalue weighted by Gasteiger charge is -2.05. The van der Waals surface area contributed by atoms with Gasteiger partial charge in [-0.2, -0.15) is 5.10 Å². The van der Waals surface area contributed by atoms with Gasteiger partial charge in [-0.25, -0.2) is 4.98 Å². The van der Waals surface area contributed by atoms with Gasteiger partial charge in [-0.15, -0.1) is 0 Å². The van der Waals surface area contributed by atoms with Gasteiger partial charge in [0.15, 0.2) is 5.82 Å². The molecule has 0 aliphatic rings. The van der Waals surface area contributed by atoms with Crippen LogP contribution in [-0.4, -0.2) is 21.0 Å². The van der Waals surface area contributed by atoms with Crippen LogP contribution in [0.3, 0.4) is 0 Å². The minimum atomic E-state index is -0.117. The topological polar surface area (TPSA) is 58.6 Å². The molecule has 0 spiro atoms. The second-order valence-corrected chi connectivity index (χ2v) is 3.41. The van der Waals surface area contributed by atoms with E-state index in [-0.39, 0.29) is 11.6 Å². The van der Waals surface area contributed by atoms with Gasteiger partial charge in [0.25, 0.3) is 0 Å². The summed E-state index contributed by atoms with van der Waals surface area (Å²) in [5.74, 6) is 0.164. The lowest BCUT2D eigenvalue weighted by Crippen LogP contribution is -2.06. The van der Waals surface area contributed by atoms with E-state index in [4.69, 9.17) is 0 Å². The summed E-state index contributed by atoms with van der Waals surface area (Å²) in [4.78, 5) is 15.8. The van der Waals surface area contributed by atoms with E-state index in [0.717, 1.165) is 11.1 Å². The molecule has 4 heteroatoms. The fraction of sp³-hybridized carbons (Fsp3) is 0.182. The molecule has 0 aliphatic carbocycles. The van der Waals surface area contributed by atoms with Crippen LogP contribution < -0.4 is 0 Å². The molecule has 4 nitrogen and oxygen atoms in total. The third-order valence-corrected chi connectivity index (χ3v) is 2.48. The summed E-state index contributed by atoms with van der Waals surface area (Å²) in [7, 11) is 0. The van der Waals surface area contributed by atoms with Crippen LogP contribution in [0.25, 0.3) is 0 Å². The Morgan fingerprint density at radius 2 is 2.13 bits per heavy atom. The van der Waals surface area contributed by atoms with Crippen LogP contribution in [0.4, 0.5) is 0 Å². The third kappa shape index (κ3) is 1.66. The zero-order valence-electron chi connectivity index (χ0n) is 8.61. The molecular weight excluding hydrogens is 190 g/mol. The van der Waals surface area contributed by atoms with Crippen molar-refractivity contribution in [2.24, 2.45) is 0 Å². The van der Waals surface area contributed by atoms with E-state index in [0.29, 0.717) is 5.56 Å². The van der Waals surface area contributed by atoms with E-state index in [2.05, 4.69) is 15.2 Å². The van der Waals surface area contributed by atoms with Crippen molar-refractivity contribution >= 4 is 5.78 Å². The van der Waals surface area contributed by atoms with Crippen molar-refractivity contribution in [1.29, 1.82) is 0 Å². The van der Waals surface area contributed by atoms with Gasteiger partial charge in [0, 0.05) is 5.56 Å². The Balaban J connectivity index is 2.47. The molecule has 1 heterocycles. The minimum Gasteiger partial charge on any atom is -0.285 e. The Hall–Kier alpha value is -1.97. The van der Waals surface area contributed by atoms with E-state index in [1.807, 2.05) is 26.0 Å². The molecule has 1 aromatic heterocycles. The van der Waals surface area contributed by atoms with Crippen molar-refractivity contribution < 1.29 is 4.79 Å². The molecule has 0 saturated carbocycles. The predicted octanol–water partition coefficient (Wildman–Crippen LogP) is 1.65. The Morgan fingerprint density at radius 1 is 1.33 bits per heavy atom. The third-order valence-electron chi connectivity index (χ3n) is 2.48. The summed E-state index contributed by atoms with van der Waals surface area (Å²) in [6.45, 7) is 3.91. The number of aryl methyl sites for hydroxylation is 1. The molecule has 0 amide bonds. The molecule has 0 fully saturated rings. The van der Waals surface area contributed by atoms with Crippen molar-refractivity contribution in [3.05, 3.63) is 47.0 Å². The highest BCUT2D eigenvalue weighted by Gasteiger charge is 2.14. The normalized spacial score (nSPS) is 10.3. The largest absolute Gasteiger partial charge is 0.285 e. The average Bonchev–Trinajstić information content (AvgIpc) is 2.74. The molecule has 1 aromatic carbocycles. The number of aromatic amines is 1. The molecule has 76 valence electrons. The standard InChI is InChI=1S/C11H11N3O/c1-7-4-3-5-9(8(7)2)10(15)11-12-6-13-14-11/h3-6H,1-2H3,(H,12,13,14). The Bertz CT molecular complexity index is 489. The summed E-state index contributed by atoms with van der Waals surface area (Å²) in [6.07, 6.45) is 1.33. The smallest absolute Gasteiger partial charge is 0.230 e. The van der Waals surface area contributed by atoms with Gasteiger partial charge in [-0.1, -0.05) is 18.2 Å². The van der Waals surface area contributed by atoms with Crippen LogP contribution in [0.15, 0.2) is 24.5 Å². The van der Waals surface area contributed by atoms with E-state index in [1.54, 1.807) is 6.07 Å². The molecule has 2 rings (SSSR count). The number of nitrogens with one attached hydrogen (secondary N) is 1. The quantitative estimate of drug-likeness (QED) is 0.751. The van der Waals surface area contributed by atoms with Gasteiger partial charge < -0.3 is 0 Å². The first kappa shape index (κ1) is 9.58. The van der Waals surface area contributed by atoms with Crippen LogP contribution in [0.5, 0.6) is 0 Å². The van der Waals surface area contributed by atoms with Crippen molar-refractivity contribution in [1.82, 2.24) is 15.2 Å². The number of carbonyl (C=O) groups is 1. The van der Waals surface area contributed by atoms with Gasteiger partial charge in [0.2, 0.25) is 5.78 Å². The number of hydrogen-bond acceptors (Lipinski definition) is 3. The summed E-state index contributed by atoms with van der Waals surface area (Å²) < 4.78 is 0. The first-order valence-corrected chi connectivity index (χ1v) is 4.66. The van der Waals surface area contributed by atoms with Crippen LogP contribution >= 0.6 is 0 Å². The molecule has 0 saturated heterocycles. The molecule has 15 heavy (non-hydrogen) atoms. The fourth-order valence-electron chi connectivity index (χ4n) is 1.44. The molecule has 0 aliphatic heterocycles. The van der Waals surface area contributed by atoms with Crippen LogP contribution in [0.2, 0.25) is 0 Å². The maximum Gasteiger partial charge on any atom is 0.230 e. The highest BCUT2D eigenvalue weighted by molar-refractivity contribution is 6.07. The number of hydrogen-bond donors (Lipinski definition) is 1. The summed E-state index contributed by atoms with van der Waals surface area (Å²) in [6, 6.07) is 5.64. The lowest BCUT2D eigenvalue weighted by atomic mass is 10.00. The zero-order chi connectivity index (χ0) is 10.8. The van der Waals surface area contributed by atoms with Crippen LogP contribution in [0.1, 0.15) is 27.3 Å². The predicted molar refractivity (Wildman–Crippen MR) is 55.7 cm³/mol. The first-order valence-electron chi connectivity index (χ1n) is 4.66. The number of H-pyrrole nitrogens is 1. The van der Waals surface area contributed by atoms with Gasteiger partial charge in [0.1, 0.15) is 6.33 Å². The van der Waals surface area contributed by atoms with Crippen LogP contribution in [-0.2, 0) is 0 Å². The number of aromatic nitrogens is 3. The van der Waals surface area contributed by atoms with Crippen LogP contribution in [0, 0.1) is 13.8 Å². The molecule has 0 atom stereocenters. The number of rotatable bonds is 2. The summed E-state index contributed by atoms with van der Waals surface area (Å²) >= 11 is 0. The maximum atomic E-state index is 11.9. The average molecular weight is 201 g/mol. The second-order valence-electron chi connectivity index (χ2n) is 3.41. The number of carbonyl (C=O) groups excluding carboxylic acids is 1. The Labute approximate surface area is 87.4 Å². The van der Waals surface area contributed by atoms with E-state index in [9.17, 15) is 4.79 Å². The highest BCUT2D eigenvalue weighted by Crippen LogP contribution is 2.14. The van der Waals surface area contributed by atoms with Crippen molar-refractivity contribution in [2.45, 2.75) is 13.8 Å². The Kier molecular flexibility index (Phi) is 2.33. The minimum absolute atomic E-state index is 0.117. The van der Waals surface area contributed by atoms with Gasteiger partial charge in [-0.05, 0) is 25.0 Å². The van der Waals surface area contributed by atoms with Gasteiger partial charge in [0.05, 0.1) is 0 Å². The second kappa shape index (κ2) is 3.65. The van der Waals surface area contributed by atoms with Crippen molar-refractivity contribution in [2.75, 3.05) is 0 Å². The highest BCUT2D eigenvalue weighted by atomic mass is 16.1. The zero-order valence-corrected chi connectivity index (χ0v) is 8.61. The van der Waals surface area contributed by atoms with Gasteiger partial charge >= 0.3 is 0 Å². The maximum absolute atomic E-state index is 11.9. The van der Waals surface area contributed by atoms with E-state index >= 15 is 0 Å². The fourth-order valence-corrected chi connectivity index (χ4v) is 1.44. The molecular formula is C11H11N3O. The lowest BCUT2D eigenvalue weighted by molar-refractivity contribution is 0.102. The molecule has 0 bridgehead atoms. The molecule has 1 N–H and O–H groups in total. The number of benzene rings is 1. The molecule has 0 radical (unpaired) electrons. The van der Waals surface area contributed by atoms with E-state index in [1.165, 1.54) is 6.33 Å². The monoisotopic (exact) mass is 201 g/mol. The summed E-state index contributed by atoms with van der Waals surface area (Å²) in [5, 5.41) is 6.24. The molecule has 0 unspecified atom stereocenters. The first-order chi connectivity index (χ1) is 7.20. The number of nitrogens with zero attached hydrogens (tertiary/aromatic N) is 2. The summed E-state index contributed by atoms with van der Waals surface area (Å²) in [5.41, 5.74) is 2.76. The number of ketones is 1. The SMILES string of the molecule is Cc1cccc(C(=O)c2ncn[nH]2)c1C. The Morgan fingerprint density at radius 3 is 2.80 bits per heavy atom. The van der Waals surface area contributed by atoms with Crippen molar-refractivity contribution in [3.63, 3.8) is 0 Å². The van der Waals surface area contributed by atoms with E-state index < -0.39 is 0 Å². The molecule has 2 aromatic rings.